The minimum absolute atomic E-state index is 0.0709. The summed E-state index contributed by atoms with van der Waals surface area (Å²) in [7, 11) is 1.89. The minimum Gasteiger partial charge on any atom is -0.377 e. The van der Waals surface area contributed by atoms with E-state index in [0.717, 1.165) is 46.0 Å². The van der Waals surface area contributed by atoms with Crippen molar-refractivity contribution >= 4 is 28.8 Å². The quantitative estimate of drug-likeness (QED) is 0.173. The highest BCUT2D eigenvalue weighted by Gasteiger charge is 2.30. The molecule has 45 heavy (non-hydrogen) atoms. The van der Waals surface area contributed by atoms with Gasteiger partial charge in [-0.05, 0) is 65.3 Å². The topological polar surface area (TPSA) is 111 Å². The number of carbonyl (C=O) groups excluding carboxylic acids is 2. The Hall–Kier alpha value is -3.34. The van der Waals surface area contributed by atoms with Gasteiger partial charge in [-0.15, -0.1) is 0 Å². The van der Waals surface area contributed by atoms with Crippen LogP contribution < -0.4 is 11.1 Å². The van der Waals surface area contributed by atoms with Gasteiger partial charge < -0.3 is 21.1 Å². The second kappa shape index (κ2) is 15.8. The lowest BCUT2D eigenvalue weighted by Crippen LogP contribution is -2.54. The standard InChI is InChI=1S/C36H49N5O4/c1-26-22-30(38-35(44)17-14-27-8-3-4-9-27)16-15-29(26)23-33(32-13-7-11-28-10-5-6-12-31(28)32)41(25-42)19-18-36-40(24-34(37)43)21-20-39(2)45-36/h5-7,10-13,15-16,22,25,27,33-34,36,43H,3-4,8-9,14,17-21,23-24,37H2,1-2H3,(H,38,44). The van der Waals surface area contributed by atoms with E-state index >= 15 is 0 Å². The van der Waals surface area contributed by atoms with Crippen LogP contribution in [-0.4, -0.2) is 78.0 Å². The molecule has 3 aromatic rings. The van der Waals surface area contributed by atoms with Crippen LogP contribution in [0.4, 0.5) is 5.69 Å². The molecule has 9 nitrogen and oxygen atoms in total. The summed E-state index contributed by atoms with van der Waals surface area (Å²) in [6.45, 7) is 4.24. The second-order valence-electron chi connectivity index (χ2n) is 12.8. The van der Waals surface area contributed by atoms with Crippen molar-refractivity contribution in [2.24, 2.45) is 11.7 Å². The molecule has 4 N–H and O–H groups in total. The van der Waals surface area contributed by atoms with E-state index in [2.05, 4.69) is 42.6 Å². The molecule has 1 aliphatic carbocycles. The lowest BCUT2D eigenvalue weighted by atomic mass is 9.91. The van der Waals surface area contributed by atoms with Crippen LogP contribution in [-0.2, 0) is 20.8 Å². The second-order valence-corrected chi connectivity index (χ2v) is 12.8. The highest BCUT2D eigenvalue weighted by molar-refractivity contribution is 5.91. The molecule has 3 aromatic carbocycles. The fourth-order valence-corrected chi connectivity index (χ4v) is 6.98. The van der Waals surface area contributed by atoms with E-state index in [1.165, 1.54) is 25.7 Å². The lowest BCUT2D eigenvalue weighted by molar-refractivity contribution is -0.265. The molecule has 1 saturated heterocycles. The number of carbonyl (C=O) groups is 2. The van der Waals surface area contributed by atoms with Gasteiger partial charge in [-0.25, -0.2) is 0 Å². The average Bonchev–Trinajstić information content (AvgIpc) is 3.55. The van der Waals surface area contributed by atoms with Gasteiger partial charge >= 0.3 is 0 Å². The molecule has 2 fully saturated rings. The number of rotatable bonds is 14. The normalized spacial score (nSPS) is 19.4. The molecule has 0 spiro atoms. The first-order valence-corrected chi connectivity index (χ1v) is 16.4. The first kappa shape index (κ1) is 33.0. The van der Waals surface area contributed by atoms with Gasteiger partial charge in [-0.2, -0.15) is 5.06 Å². The summed E-state index contributed by atoms with van der Waals surface area (Å²) in [6, 6.07) is 20.4. The van der Waals surface area contributed by atoms with Gasteiger partial charge in [0.25, 0.3) is 0 Å². The summed E-state index contributed by atoms with van der Waals surface area (Å²) in [5.74, 6) is 0.758. The van der Waals surface area contributed by atoms with E-state index in [9.17, 15) is 14.7 Å². The van der Waals surface area contributed by atoms with E-state index in [0.29, 0.717) is 51.4 Å². The number of nitrogens with two attached hydrogens (primary N) is 1. The summed E-state index contributed by atoms with van der Waals surface area (Å²) in [5, 5.41) is 17.0. The molecular formula is C36H49N5O4. The van der Waals surface area contributed by atoms with Crippen molar-refractivity contribution in [3.05, 3.63) is 77.4 Å². The van der Waals surface area contributed by atoms with Crippen molar-refractivity contribution in [3.63, 3.8) is 0 Å². The minimum atomic E-state index is -0.965. The molecule has 1 heterocycles. The van der Waals surface area contributed by atoms with Crippen molar-refractivity contribution in [1.29, 1.82) is 0 Å². The van der Waals surface area contributed by atoms with Crippen molar-refractivity contribution < 1.29 is 19.5 Å². The van der Waals surface area contributed by atoms with E-state index in [4.69, 9.17) is 10.6 Å². The molecule has 1 aliphatic heterocycles. The van der Waals surface area contributed by atoms with Crippen LogP contribution in [0.1, 0.15) is 67.7 Å². The zero-order valence-electron chi connectivity index (χ0n) is 26.7. The van der Waals surface area contributed by atoms with E-state index in [1.54, 1.807) is 5.06 Å². The molecule has 2 amide bonds. The zero-order valence-corrected chi connectivity index (χ0v) is 26.7. The molecule has 0 aromatic heterocycles. The summed E-state index contributed by atoms with van der Waals surface area (Å²) >= 11 is 0. The number of aliphatic hydroxyl groups is 1. The van der Waals surface area contributed by atoms with Crippen LogP contribution in [0.15, 0.2) is 60.7 Å². The van der Waals surface area contributed by atoms with Gasteiger partial charge in [0.05, 0.1) is 6.04 Å². The number of nitrogens with one attached hydrogen (secondary N) is 1. The predicted octanol–water partition coefficient (Wildman–Crippen LogP) is 4.97. The third kappa shape index (κ3) is 8.89. The highest BCUT2D eigenvalue weighted by atomic mass is 16.7. The van der Waals surface area contributed by atoms with Gasteiger partial charge in [-0.3, -0.25) is 19.3 Å². The van der Waals surface area contributed by atoms with Crippen LogP contribution in [0.3, 0.4) is 0 Å². The number of hydrogen-bond acceptors (Lipinski definition) is 7. The van der Waals surface area contributed by atoms with Gasteiger partial charge in [0.15, 0.2) is 0 Å². The first-order chi connectivity index (χ1) is 21.8. The summed E-state index contributed by atoms with van der Waals surface area (Å²) < 4.78 is 0. The number of nitrogens with zero attached hydrogens (tertiary/aromatic N) is 3. The maximum Gasteiger partial charge on any atom is 0.224 e. The number of aryl methyl sites for hydroxylation is 1. The molecule has 9 heteroatoms. The van der Waals surface area contributed by atoms with Crippen LogP contribution in [0.2, 0.25) is 0 Å². The zero-order chi connectivity index (χ0) is 31.8. The van der Waals surface area contributed by atoms with E-state index in [-0.39, 0.29) is 18.2 Å². The van der Waals surface area contributed by atoms with Gasteiger partial charge in [0.2, 0.25) is 12.3 Å². The summed E-state index contributed by atoms with van der Waals surface area (Å²) in [5.41, 5.74) is 9.79. The smallest absolute Gasteiger partial charge is 0.224 e. The molecule has 242 valence electrons. The molecular weight excluding hydrogens is 566 g/mol. The number of hydroxylamine groups is 2. The summed E-state index contributed by atoms with van der Waals surface area (Å²) in [4.78, 5) is 35.5. The number of β-amino-alcohol motifs (C(OH)–C–C–N with tert-alkyl or cyclic N) is 1. The van der Waals surface area contributed by atoms with Gasteiger partial charge in [0, 0.05) is 51.8 Å². The van der Waals surface area contributed by atoms with Crippen molar-refractivity contribution in [2.75, 3.05) is 38.5 Å². The monoisotopic (exact) mass is 615 g/mol. The van der Waals surface area contributed by atoms with Gasteiger partial charge in [-0.1, -0.05) is 74.2 Å². The lowest BCUT2D eigenvalue weighted by Gasteiger charge is -2.41. The number of aliphatic hydroxyl groups excluding tert-OH is 1. The number of amides is 2. The maximum atomic E-state index is 12.8. The SMILES string of the molecule is Cc1cc(NC(=O)CCC2CCCC2)ccc1CC(c1cccc2ccccc12)N(C=O)CCC1ON(C)CCN1CC(N)O. The first-order valence-electron chi connectivity index (χ1n) is 16.4. The fourth-order valence-electron chi connectivity index (χ4n) is 6.98. The Balaban J connectivity index is 1.35. The van der Waals surface area contributed by atoms with Crippen LogP contribution in [0.25, 0.3) is 10.8 Å². The Morgan fingerprint density at radius 1 is 1.11 bits per heavy atom. The van der Waals surface area contributed by atoms with Crippen LogP contribution in [0.5, 0.6) is 0 Å². The number of fused-ring (bicyclic) bond motifs is 1. The molecule has 5 rings (SSSR count). The summed E-state index contributed by atoms with van der Waals surface area (Å²) in [6.07, 6.45) is 7.43. The third-order valence-electron chi connectivity index (χ3n) is 9.48. The van der Waals surface area contributed by atoms with Crippen molar-refractivity contribution in [1.82, 2.24) is 14.9 Å². The van der Waals surface area contributed by atoms with Crippen molar-refractivity contribution in [2.45, 2.75) is 76.8 Å². The fraction of sp³-hybridized carbons (Fsp3) is 0.500. The average molecular weight is 616 g/mol. The maximum absolute atomic E-state index is 12.8. The Kier molecular flexibility index (Phi) is 11.6. The highest BCUT2D eigenvalue weighted by Crippen LogP contribution is 2.33. The van der Waals surface area contributed by atoms with E-state index < -0.39 is 6.23 Å². The Morgan fingerprint density at radius 2 is 1.89 bits per heavy atom. The Bertz CT molecular complexity index is 1420. The Morgan fingerprint density at radius 3 is 2.64 bits per heavy atom. The number of likely N-dealkylation sites (N-methyl/N-ethyl adjacent to an activating group) is 1. The molecule has 3 unspecified atom stereocenters. The van der Waals surface area contributed by atoms with Crippen LogP contribution in [0, 0.1) is 12.8 Å². The molecule has 1 saturated carbocycles. The molecule has 2 aliphatic rings. The number of benzene rings is 3. The Labute approximate surface area is 267 Å². The van der Waals surface area contributed by atoms with Gasteiger partial charge in [0.1, 0.15) is 12.5 Å². The van der Waals surface area contributed by atoms with Crippen LogP contribution >= 0.6 is 0 Å². The number of hydrogen-bond donors (Lipinski definition) is 3. The largest absolute Gasteiger partial charge is 0.377 e. The molecule has 0 bridgehead atoms. The predicted molar refractivity (Wildman–Crippen MR) is 178 cm³/mol. The third-order valence-corrected chi connectivity index (χ3v) is 9.48. The van der Waals surface area contributed by atoms with Crippen molar-refractivity contribution in [3.8, 4) is 0 Å². The van der Waals surface area contributed by atoms with E-state index in [1.807, 2.05) is 47.2 Å². The molecule has 0 radical (unpaired) electrons. The molecule has 3 atom stereocenters. The number of anilines is 1.